The highest BCUT2D eigenvalue weighted by Gasteiger charge is 2.35. The molecule has 0 saturated heterocycles. The first kappa shape index (κ1) is 22.7. The zero-order chi connectivity index (χ0) is 24.0. The molecule has 0 spiro atoms. The van der Waals surface area contributed by atoms with Crippen LogP contribution in [0.4, 0.5) is 0 Å². The third kappa shape index (κ3) is 4.00. The van der Waals surface area contributed by atoms with Crippen molar-refractivity contribution in [3.63, 3.8) is 0 Å². The molecule has 0 bridgehead atoms. The molecule has 1 aliphatic rings. The predicted octanol–water partition coefficient (Wildman–Crippen LogP) is 6.85. The van der Waals surface area contributed by atoms with Crippen molar-refractivity contribution in [3.05, 3.63) is 103 Å². The molecule has 0 saturated carbocycles. The van der Waals surface area contributed by atoms with E-state index in [0.717, 1.165) is 10.9 Å². The highest BCUT2D eigenvalue weighted by Crippen LogP contribution is 2.39. The summed E-state index contributed by atoms with van der Waals surface area (Å²) in [6.07, 6.45) is 0.315. The Morgan fingerprint density at radius 3 is 2.38 bits per heavy atom. The Kier molecular flexibility index (Phi) is 5.94. The van der Waals surface area contributed by atoms with Gasteiger partial charge in [0.25, 0.3) is 5.56 Å². The fourth-order valence-electron chi connectivity index (χ4n) is 4.41. The summed E-state index contributed by atoms with van der Waals surface area (Å²) in [6.45, 7) is 1.44. The Morgan fingerprint density at radius 2 is 1.68 bits per heavy atom. The molecular formula is C26H18Cl3N3O2. The molecule has 4 aromatic rings. The molecule has 5 nitrogen and oxygen atoms in total. The molecular weight excluding hydrogens is 493 g/mol. The summed E-state index contributed by atoms with van der Waals surface area (Å²) in [4.78, 5) is 28.9. The van der Waals surface area contributed by atoms with E-state index >= 15 is 0 Å². The van der Waals surface area contributed by atoms with Gasteiger partial charge in [0, 0.05) is 44.9 Å². The number of fused-ring (bicyclic) bond motifs is 1. The Bertz CT molecular complexity index is 1530. The molecule has 8 heteroatoms. The molecule has 1 aliphatic heterocycles. The fraction of sp³-hybridized carbons (Fsp3) is 0.115. The minimum atomic E-state index is -0.463. The van der Waals surface area contributed by atoms with Gasteiger partial charge in [0.1, 0.15) is 0 Å². The molecule has 1 amide bonds. The summed E-state index contributed by atoms with van der Waals surface area (Å²) in [5.41, 5.74) is 3.54. The van der Waals surface area contributed by atoms with E-state index < -0.39 is 6.04 Å². The highest BCUT2D eigenvalue weighted by atomic mass is 35.5. The second kappa shape index (κ2) is 8.91. The Labute approximate surface area is 210 Å². The molecule has 170 valence electrons. The molecule has 0 radical (unpaired) electrons. The number of carbonyl (C=O) groups excluding carboxylic acids is 1. The number of hydrogen-bond acceptors (Lipinski definition) is 3. The molecule has 0 fully saturated rings. The van der Waals surface area contributed by atoms with Gasteiger partial charge >= 0.3 is 0 Å². The first-order valence-corrected chi connectivity index (χ1v) is 11.7. The third-order valence-corrected chi connectivity index (χ3v) is 6.68. The number of nitrogens with zero attached hydrogens (tertiary/aromatic N) is 2. The predicted molar refractivity (Wildman–Crippen MR) is 138 cm³/mol. The van der Waals surface area contributed by atoms with Crippen molar-refractivity contribution in [2.24, 2.45) is 5.10 Å². The number of nitrogens with one attached hydrogen (secondary N) is 1. The van der Waals surface area contributed by atoms with Gasteiger partial charge in [-0.25, -0.2) is 5.01 Å². The SMILES string of the molecule is CC(=O)N1N=C(c2c(-c3ccccc3)c3cc(Cl)ccc3[nH]c2=O)C[C@@H]1c1ccc(Cl)cc1Cl. The van der Waals surface area contributed by atoms with Crippen molar-refractivity contribution >= 4 is 57.3 Å². The normalized spacial score (nSPS) is 15.6. The zero-order valence-corrected chi connectivity index (χ0v) is 20.2. The van der Waals surface area contributed by atoms with Gasteiger partial charge in [-0.15, -0.1) is 0 Å². The van der Waals surface area contributed by atoms with Gasteiger partial charge in [-0.1, -0.05) is 71.2 Å². The first-order valence-electron chi connectivity index (χ1n) is 10.6. The van der Waals surface area contributed by atoms with Crippen molar-refractivity contribution in [1.29, 1.82) is 0 Å². The summed E-state index contributed by atoms with van der Waals surface area (Å²) in [7, 11) is 0. The molecule has 5 rings (SSSR count). The van der Waals surface area contributed by atoms with Gasteiger partial charge in [-0.05, 0) is 41.5 Å². The maximum absolute atomic E-state index is 13.4. The van der Waals surface area contributed by atoms with Gasteiger partial charge in [0.2, 0.25) is 5.91 Å². The molecule has 34 heavy (non-hydrogen) atoms. The number of aromatic nitrogens is 1. The summed E-state index contributed by atoms with van der Waals surface area (Å²) >= 11 is 18.9. The van der Waals surface area contributed by atoms with E-state index in [1.54, 1.807) is 30.3 Å². The van der Waals surface area contributed by atoms with Crippen LogP contribution >= 0.6 is 34.8 Å². The summed E-state index contributed by atoms with van der Waals surface area (Å²) in [6, 6.07) is 19.6. The van der Waals surface area contributed by atoms with E-state index in [1.807, 2.05) is 36.4 Å². The number of hydrogen-bond donors (Lipinski definition) is 1. The Hall–Kier alpha value is -3.12. The van der Waals surface area contributed by atoms with E-state index in [-0.39, 0.29) is 11.5 Å². The fourth-order valence-corrected chi connectivity index (χ4v) is 5.12. The number of hydrazone groups is 1. The van der Waals surface area contributed by atoms with E-state index in [0.29, 0.717) is 49.4 Å². The van der Waals surface area contributed by atoms with Crippen molar-refractivity contribution in [3.8, 4) is 11.1 Å². The number of rotatable bonds is 3. The number of carbonyl (C=O) groups is 1. The van der Waals surface area contributed by atoms with Crippen LogP contribution in [0.15, 0.2) is 76.6 Å². The van der Waals surface area contributed by atoms with Crippen LogP contribution in [0, 0.1) is 0 Å². The molecule has 2 heterocycles. The van der Waals surface area contributed by atoms with E-state index in [2.05, 4.69) is 10.1 Å². The number of halogens is 3. The second-order valence-electron chi connectivity index (χ2n) is 8.06. The van der Waals surface area contributed by atoms with Crippen LogP contribution in [-0.2, 0) is 4.79 Å². The van der Waals surface area contributed by atoms with Crippen LogP contribution in [0.2, 0.25) is 15.1 Å². The largest absolute Gasteiger partial charge is 0.321 e. The highest BCUT2D eigenvalue weighted by molar-refractivity contribution is 6.35. The van der Waals surface area contributed by atoms with Gasteiger partial charge < -0.3 is 4.98 Å². The average molecular weight is 511 g/mol. The van der Waals surface area contributed by atoms with E-state index in [4.69, 9.17) is 34.8 Å². The lowest BCUT2D eigenvalue weighted by molar-refractivity contribution is -0.130. The Balaban J connectivity index is 1.74. The molecule has 0 aliphatic carbocycles. The molecule has 1 N–H and O–H groups in total. The number of benzene rings is 3. The van der Waals surface area contributed by atoms with Crippen LogP contribution < -0.4 is 5.56 Å². The van der Waals surface area contributed by atoms with Gasteiger partial charge in [0.15, 0.2) is 0 Å². The minimum Gasteiger partial charge on any atom is -0.321 e. The van der Waals surface area contributed by atoms with Crippen LogP contribution in [0.3, 0.4) is 0 Å². The van der Waals surface area contributed by atoms with E-state index in [9.17, 15) is 9.59 Å². The summed E-state index contributed by atoms with van der Waals surface area (Å²) in [5.74, 6) is -0.257. The third-order valence-electron chi connectivity index (χ3n) is 5.88. The first-order chi connectivity index (χ1) is 16.3. The smallest absolute Gasteiger partial charge is 0.258 e. The van der Waals surface area contributed by atoms with Crippen LogP contribution in [0.1, 0.15) is 30.5 Å². The Morgan fingerprint density at radius 1 is 0.971 bits per heavy atom. The quantitative estimate of drug-likeness (QED) is 0.327. The van der Waals surface area contributed by atoms with Crippen molar-refractivity contribution in [2.75, 3.05) is 0 Å². The maximum atomic E-state index is 13.4. The molecule has 0 unspecified atom stereocenters. The summed E-state index contributed by atoms with van der Waals surface area (Å²) < 4.78 is 0. The zero-order valence-electron chi connectivity index (χ0n) is 18.0. The van der Waals surface area contributed by atoms with Gasteiger partial charge in [-0.2, -0.15) is 5.10 Å². The second-order valence-corrected chi connectivity index (χ2v) is 9.34. The number of H-pyrrole nitrogens is 1. The summed E-state index contributed by atoms with van der Waals surface area (Å²) in [5, 5.41) is 8.26. The lowest BCUT2D eigenvalue weighted by Crippen LogP contribution is -2.24. The molecule has 1 atom stereocenters. The average Bonchev–Trinajstić information content (AvgIpc) is 3.24. The van der Waals surface area contributed by atoms with Crippen LogP contribution in [0.25, 0.3) is 22.0 Å². The number of pyridine rings is 1. The molecule has 1 aromatic heterocycles. The van der Waals surface area contributed by atoms with Gasteiger partial charge in [-0.3, -0.25) is 9.59 Å². The lowest BCUT2D eigenvalue weighted by atomic mass is 9.91. The number of amides is 1. The topological polar surface area (TPSA) is 65.5 Å². The standard InChI is InChI=1S/C26H18Cl3N3O2/c1-14(33)32-23(18-9-7-17(28)12-20(18)29)13-22(31-32)25-24(15-5-3-2-4-6-15)19-11-16(27)8-10-21(19)30-26(25)34/h2-12,23H,13H2,1H3,(H,30,34)/t23-/m1/s1. The van der Waals surface area contributed by atoms with Crippen molar-refractivity contribution in [2.45, 2.75) is 19.4 Å². The minimum absolute atomic E-state index is 0.257. The van der Waals surface area contributed by atoms with Gasteiger partial charge in [0.05, 0.1) is 17.3 Å². The van der Waals surface area contributed by atoms with Crippen molar-refractivity contribution in [1.82, 2.24) is 9.99 Å². The lowest BCUT2D eigenvalue weighted by Gasteiger charge is -2.21. The van der Waals surface area contributed by atoms with Crippen molar-refractivity contribution < 1.29 is 4.79 Å². The maximum Gasteiger partial charge on any atom is 0.258 e. The van der Waals surface area contributed by atoms with Crippen LogP contribution in [-0.4, -0.2) is 21.6 Å². The molecule has 3 aromatic carbocycles. The van der Waals surface area contributed by atoms with Crippen LogP contribution in [0.5, 0.6) is 0 Å². The van der Waals surface area contributed by atoms with E-state index in [1.165, 1.54) is 11.9 Å². The monoisotopic (exact) mass is 509 g/mol. The number of aromatic amines is 1.